The smallest absolute Gasteiger partial charge is 0.223 e. The Balaban J connectivity index is 1.45. The van der Waals surface area contributed by atoms with E-state index in [1.165, 1.54) is 6.07 Å². The van der Waals surface area contributed by atoms with Crippen molar-refractivity contribution < 1.29 is 9.18 Å². The molecular weight excluding hydrogens is 349 g/mol. The summed E-state index contributed by atoms with van der Waals surface area (Å²) in [4.78, 5) is 19.2. The molecule has 1 amide bonds. The highest BCUT2D eigenvalue weighted by molar-refractivity contribution is 7.09. The van der Waals surface area contributed by atoms with E-state index in [1.54, 1.807) is 23.5 Å². The first kappa shape index (κ1) is 17.6. The Morgan fingerprint density at radius 1 is 1.38 bits per heavy atom. The molecule has 1 aliphatic heterocycles. The molecule has 2 unspecified atom stereocenters. The summed E-state index contributed by atoms with van der Waals surface area (Å²) in [5.74, 6) is 0.525. The second kappa shape index (κ2) is 7.84. The lowest BCUT2D eigenvalue weighted by molar-refractivity contribution is -0.123. The number of thiazole rings is 1. The molecule has 138 valence electrons. The number of nitrogens with zero attached hydrogens (tertiary/aromatic N) is 2. The van der Waals surface area contributed by atoms with Gasteiger partial charge in [0.25, 0.3) is 0 Å². The predicted octanol–water partition coefficient (Wildman–Crippen LogP) is 3.76. The first-order valence-electron chi connectivity index (χ1n) is 9.35. The summed E-state index contributed by atoms with van der Waals surface area (Å²) in [6.45, 7) is 2.65. The lowest BCUT2D eigenvalue weighted by Crippen LogP contribution is -2.43. The van der Waals surface area contributed by atoms with Crippen molar-refractivity contribution in [2.75, 3.05) is 13.1 Å². The highest BCUT2D eigenvalue weighted by atomic mass is 32.1. The van der Waals surface area contributed by atoms with Crippen LogP contribution in [0.2, 0.25) is 0 Å². The molecule has 4 rings (SSSR count). The van der Waals surface area contributed by atoms with Gasteiger partial charge in [-0.1, -0.05) is 12.1 Å². The number of amides is 1. The third-order valence-corrected chi connectivity index (χ3v) is 6.13. The van der Waals surface area contributed by atoms with Crippen LogP contribution < -0.4 is 5.32 Å². The summed E-state index contributed by atoms with van der Waals surface area (Å²) < 4.78 is 13.5. The minimum atomic E-state index is -0.187. The maximum absolute atomic E-state index is 13.5. The van der Waals surface area contributed by atoms with Crippen molar-refractivity contribution in [3.05, 3.63) is 52.2 Å². The van der Waals surface area contributed by atoms with E-state index in [0.717, 1.165) is 55.9 Å². The number of carbonyl (C=O) groups excluding carboxylic acids is 1. The number of benzene rings is 1. The lowest BCUT2D eigenvalue weighted by atomic mass is 9.90. The molecule has 1 aliphatic carbocycles. The molecule has 1 N–H and O–H groups in total. The fourth-order valence-electron chi connectivity index (χ4n) is 3.79. The first-order valence-corrected chi connectivity index (χ1v) is 10.2. The van der Waals surface area contributed by atoms with Crippen LogP contribution in [0.3, 0.4) is 0 Å². The second-order valence-electron chi connectivity index (χ2n) is 7.40. The van der Waals surface area contributed by atoms with Gasteiger partial charge in [-0.3, -0.25) is 9.69 Å². The van der Waals surface area contributed by atoms with Gasteiger partial charge in [-0.15, -0.1) is 11.3 Å². The number of piperidine rings is 1. The van der Waals surface area contributed by atoms with Gasteiger partial charge in [0, 0.05) is 30.6 Å². The zero-order valence-corrected chi connectivity index (χ0v) is 15.6. The molecule has 2 aromatic rings. The van der Waals surface area contributed by atoms with Gasteiger partial charge >= 0.3 is 0 Å². The predicted molar refractivity (Wildman–Crippen MR) is 100 cm³/mol. The Kier molecular flexibility index (Phi) is 5.31. The van der Waals surface area contributed by atoms with Gasteiger partial charge in [-0.2, -0.15) is 0 Å². The third-order valence-electron chi connectivity index (χ3n) is 5.27. The Morgan fingerprint density at radius 2 is 2.27 bits per heavy atom. The van der Waals surface area contributed by atoms with E-state index in [1.807, 2.05) is 17.6 Å². The molecule has 2 aliphatic rings. The fraction of sp³-hybridized carbons (Fsp3) is 0.500. The molecule has 1 saturated heterocycles. The van der Waals surface area contributed by atoms with Crippen molar-refractivity contribution in [2.24, 2.45) is 11.8 Å². The Morgan fingerprint density at radius 3 is 3.00 bits per heavy atom. The van der Waals surface area contributed by atoms with E-state index in [4.69, 9.17) is 0 Å². The van der Waals surface area contributed by atoms with Crippen LogP contribution in [0.4, 0.5) is 4.39 Å². The molecule has 2 fully saturated rings. The topological polar surface area (TPSA) is 45.2 Å². The summed E-state index contributed by atoms with van der Waals surface area (Å²) in [5, 5.41) is 6.23. The maximum atomic E-state index is 13.5. The minimum absolute atomic E-state index is 0.0154. The standard InChI is InChI=1S/C20H24FN3OS/c21-17-5-1-3-14(11-17)12-24-9-2-4-16(13-24)18(20-22-8-10-26-20)23-19(25)15-6-7-15/h1,3,5,8,10-11,15-16,18H,2,4,6-7,9,12-13H2,(H,23,25). The molecule has 2 atom stereocenters. The van der Waals surface area contributed by atoms with Gasteiger partial charge < -0.3 is 5.32 Å². The average Bonchev–Trinajstić information content (AvgIpc) is 3.35. The summed E-state index contributed by atoms with van der Waals surface area (Å²) in [5.41, 5.74) is 0.999. The number of halogens is 1. The van der Waals surface area contributed by atoms with Crippen LogP contribution in [-0.2, 0) is 11.3 Å². The molecule has 6 heteroatoms. The number of hydrogen-bond acceptors (Lipinski definition) is 4. The quantitative estimate of drug-likeness (QED) is 0.839. The fourth-order valence-corrected chi connectivity index (χ4v) is 4.57. The molecule has 0 spiro atoms. The highest BCUT2D eigenvalue weighted by Crippen LogP contribution is 2.34. The molecule has 26 heavy (non-hydrogen) atoms. The zero-order chi connectivity index (χ0) is 17.9. The summed E-state index contributed by atoms with van der Waals surface area (Å²) in [6.07, 6.45) is 5.99. The Bertz CT molecular complexity index is 747. The Labute approximate surface area is 157 Å². The number of carbonyl (C=O) groups is 1. The number of hydrogen-bond donors (Lipinski definition) is 1. The van der Waals surface area contributed by atoms with E-state index in [0.29, 0.717) is 5.92 Å². The molecule has 1 aromatic carbocycles. The largest absolute Gasteiger partial charge is 0.346 e. The third kappa shape index (κ3) is 4.30. The van der Waals surface area contributed by atoms with Crippen molar-refractivity contribution >= 4 is 17.2 Å². The monoisotopic (exact) mass is 373 g/mol. The van der Waals surface area contributed by atoms with Crippen LogP contribution in [0.15, 0.2) is 35.8 Å². The summed E-state index contributed by atoms with van der Waals surface area (Å²) >= 11 is 1.61. The van der Waals surface area contributed by atoms with Crippen LogP contribution in [-0.4, -0.2) is 28.9 Å². The van der Waals surface area contributed by atoms with Crippen molar-refractivity contribution in [1.29, 1.82) is 0 Å². The number of likely N-dealkylation sites (tertiary alicyclic amines) is 1. The van der Waals surface area contributed by atoms with Gasteiger partial charge in [-0.25, -0.2) is 9.37 Å². The molecule has 1 aromatic heterocycles. The minimum Gasteiger partial charge on any atom is -0.346 e. The molecule has 4 nitrogen and oxygen atoms in total. The van der Waals surface area contributed by atoms with Gasteiger partial charge in [-0.05, 0) is 55.8 Å². The number of aromatic nitrogens is 1. The zero-order valence-electron chi connectivity index (χ0n) is 14.7. The summed E-state index contributed by atoms with van der Waals surface area (Å²) in [7, 11) is 0. The van der Waals surface area contributed by atoms with E-state index in [-0.39, 0.29) is 23.7 Å². The second-order valence-corrected chi connectivity index (χ2v) is 8.32. The van der Waals surface area contributed by atoms with Gasteiger partial charge in [0.1, 0.15) is 10.8 Å². The maximum Gasteiger partial charge on any atom is 0.223 e. The first-order chi connectivity index (χ1) is 12.7. The van der Waals surface area contributed by atoms with Crippen molar-refractivity contribution in [1.82, 2.24) is 15.2 Å². The van der Waals surface area contributed by atoms with E-state index < -0.39 is 0 Å². The van der Waals surface area contributed by atoms with Crippen molar-refractivity contribution in [3.63, 3.8) is 0 Å². The summed E-state index contributed by atoms with van der Waals surface area (Å²) in [6, 6.07) is 6.81. The molecule has 2 heterocycles. The van der Waals surface area contributed by atoms with Gasteiger partial charge in [0.2, 0.25) is 5.91 Å². The molecular formula is C20H24FN3OS. The van der Waals surface area contributed by atoms with Crippen LogP contribution in [0, 0.1) is 17.7 Å². The van der Waals surface area contributed by atoms with Gasteiger partial charge in [0.15, 0.2) is 0 Å². The van der Waals surface area contributed by atoms with Crippen molar-refractivity contribution in [3.8, 4) is 0 Å². The van der Waals surface area contributed by atoms with Crippen LogP contribution in [0.5, 0.6) is 0 Å². The van der Waals surface area contributed by atoms with Crippen LogP contribution in [0.25, 0.3) is 0 Å². The number of nitrogens with one attached hydrogen (secondary N) is 1. The Hall–Kier alpha value is -1.79. The molecule has 1 saturated carbocycles. The number of rotatable bonds is 6. The van der Waals surface area contributed by atoms with Crippen LogP contribution >= 0.6 is 11.3 Å². The SMILES string of the molecule is O=C(NC(c1nccs1)C1CCCN(Cc2cccc(F)c2)C1)C1CC1. The average molecular weight is 373 g/mol. The van der Waals surface area contributed by atoms with E-state index in [9.17, 15) is 9.18 Å². The highest BCUT2D eigenvalue weighted by Gasteiger charge is 2.35. The molecule has 0 bridgehead atoms. The lowest BCUT2D eigenvalue weighted by Gasteiger charge is -2.36. The van der Waals surface area contributed by atoms with Crippen LogP contribution in [0.1, 0.15) is 42.3 Å². The van der Waals surface area contributed by atoms with E-state index >= 15 is 0 Å². The van der Waals surface area contributed by atoms with Gasteiger partial charge in [0.05, 0.1) is 6.04 Å². The van der Waals surface area contributed by atoms with E-state index in [2.05, 4.69) is 15.2 Å². The normalized spacial score (nSPS) is 22.1. The van der Waals surface area contributed by atoms with Crippen molar-refractivity contribution in [2.45, 2.75) is 38.3 Å². The molecule has 0 radical (unpaired) electrons.